The number of nitrogens with zero attached hydrogens (tertiary/aromatic N) is 4. The number of halogens is 3. The number of alkyl halides is 3. The van der Waals surface area contributed by atoms with E-state index in [1.54, 1.807) is 29.4 Å². The Bertz CT molecular complexity index is 1060. The lowest BCUT2D eigenvalue weighted by Crippen LogP contribution is -2.40. The minimum atomic E-state index is -4.43. The quantitative estimate of drug-likeness (QED) is 0.616. The third kappa shape index (κ3) is 4.90. The fraction of sp³-hybridized carbons (Fsp3) is 0.304. The molecule has 1 aromatic carbocycles. The molecule has 1 aliphatic rings. The first-order valence-electron chi connectivity index (χ1n) is 10.1. The molecule has 1 aliphatic heterocycles. The van der Waals surface area contributed by atoms with Crippen LogP contribution in [0.5, 0.6) is 0 Å². The molecule has 1 fully saturated rings. The summed E-state index contributed by atoms with van der Waals surface area (Å²) in [7, 11) is 0. The van der Waals surface area contributed by atoms with Crippen molar-refractivity contribution in [3.8, 4) is 11.3 Å². The highest BCUT2D eigenvalue weighted by atomic mass is 19.4. The van der Waals surface area contributed by atoms with Crippen molar-refractivity contribution < 1.29 is 18.0 Å². The number of hydrogen-bond acceptors (Lipinski definition) is 4. The van der Waals surface area contributed by atoms with Crippen molar-refractivity contribution in [1.82, 2.24) is 19.9 Å². The summed E-state index contributed by atoms with van der Waals surface area (Å²) in [5, 5.41) is 0. The van der Waals surface area contributed by atoms with Crippen LogP contribution in [0.25, 0.3) is 11.3 Å². The number of benzene rings is 1. The second kappa shape index (κ2) is 8.83. The fourth-order valence-electron chi connectivity index (χ4n) is 3.91. The minimum Gasteiger partial charge on any atom is -0.342 e. The maximum atomic E-state index is 13.2. The Kier molecular flexibility index (Phi) is 5.97. The molecule has 2 aromatic heterocycles. The zero-order valence-corrected chi connectivity index (χ0v) is 16.7. The van der Waals surface area contributed by atoms with Gasteiger partial charge < -0.3 is 4.90 Å². The SMILES string of the molecule is O=C(Cc1ccccn1)N1CCC[C@H](c2nccnc2-c2cccc(C(F)(F)F)c2)C1. The molecule has 0 unspecified atom stereocenters. The lowest BCUT2D eigenvalue weighted by atomic mass is 9.91. The number of carbonyl (C=O) groups excluding carboxylic acids is 1. The zero-order chi connectivity index (χ0) is 21.8. The molecule has 3 aromatic rings. The van der Waals surface area contributed by atoms with E-state index in [1.165, 1.54) is 12.3 Å². The van der Waals surface area contributed by atoms with Crippen LogP contribution in [0.3, 0.4) is 0 Å². The van der Waals surface area contributed by atoms with Crippen LogP contribution >= 0.6 is 0 Å². The zero-order valence-electron chi connectivity index (χ0n) is 16.7. The molecule has 0 aliphatic carbocycles. The van der Waals surface area contributed by atoms with Crippen molar-refractivity contribution in [2.75, 3.05) is 13.1 Å². The average molecular weight is 426 g/mol. The van der Waals surface area contributed by atoms with Gasteiger partial charge in [0.2, 0.25) is 5.91 Å². The van der Waals surface area contributed by atoms with Gasteiger partial charge in [-0.05, 0) is 37.1 Å². The topological polar surface area (TPSA) is 59.0 Å². The number of hydrogen-bond donors (Lipinski definition) is 0. The van der Waals surface area contributed by atoms with Crippen LogP contribution in [0, 0.1) is 0 Å². The van der Waals surface area contributed by atoms with Crippen LogP contribution in [0.1, 0.15) is 35.7 Å². The largest absolute Gasteiger partial charge is 0.416 e. The molecular formula is C23H21F3N4O. The van der Waals surface area contributed by atoms with Crippen molar-refractivity contribution >= 4 is 5.91 Å². The van der Waals surface area contributed by atoms with E-state index in [2.05, 4.69) is 15.0 Å². The Morgan fingerprint density at radius 1 is 1.03 bits per heavy atom. The van der Waals surface area contributed by atoms with Crippen LogP contribution < -0.4 is 0 Å². The van der Waals surface area contributed by atoms with Gasteiger partial charge in [0, 0.05) is 48.9 Å². The van der Waals surface area contributed by atoms with E-state index in [0.29, 0.717) is 35.7 Å². The van der Waals surface area contributed by atoms with Gasteiger partial charge in [0.05, 0.1) is 23.4 Å². The van der Waals surface area contributed by atoms with Crippen LogP contribution in [0.2, 0.25) is 0 Å². The highest BCUT2D eigenvalue weighted by molar-refractivity contribution is 5.78. The van der Waals surface area contributed by atoms with Gasteiger partial charge in [-0.2, -0.15) is 13.2 Å². The number of carbonyl (C=O) groups is 1. The molecule has 4 rings (SSSR count). The summed E-state index contributed by atoms with van der Waals surface area (Å²) in [6.07, 6.45) is 2.04. The maximum absolute atomic E-state index is 13.2. The second-order valence-corrected chi connectivity index (χ2v) is 7.55. The Balaban J connectivity index is 1.57. The first-order valence-corrected chi connectivity index (χ1v) is 10.1. The number of rotatable bonds is 4. The van der Waals surface area contributed by atoms with E-state index in [4.69, 9.17) is 0 Å². The summed E-state index contributed by atoms with van der Waals surface area (Å²) in [6, 6.07) is 10.6. The Morgan fingerprint density at radius 2 is 1.87 bits per heavy atom. The molecule has 8 heteroatoms. The van der Waals surface area contributed by atoms with E-state index >= 15 is 0 Å². The number of amides is 1. The Labute approximate surface area is 178 Å². The molecule has 1 amide bonds. The lowest BCUT2D eigenvalue weighted by molar-refractivity contribution is -0.137. The summed E-state index contributed by atoms with van der Waals surface area (Å²) in [4.78, 5) is 27.6. The summed E-state index contributed by atoms with van der Waals surface area (Å²) < 4.78 is 39.5. The molecule has 0 bridgehead atoms. The first kappa shape index (κ1) is 21.0. The van der Waals surface area contributed by atoms with E-state index in [-0.39, 0.29) is 18.2 Å². The van der Waals surface area contributed by atoms with E-state index in [0.717, 1.165) is 25.0 Å². The lowest BCUT2D eigenvalue weighted by Gasteiger charge is -2.33. The van der Waals surface area contributed by atoms with Crippen molar-refractivity contribution in [3.05, 3.63) is 78.0 Å². The van der Waals surface area contributed by atoms with Crippen LogP contribution in [0.4, 0.5) is 13.2 Å². The normalized spacial score (nSPS) is 16.9. The van der Waals surface area contributed by atoms with Crippen molar-refractivity contribution in [3.63, 3.8) is 0 Å². The van der Waals surface area contributed by atoms with Gasteiger partial charge in [-0.15, -0.1) is 0 Å². The van der Waals surface area contributed by atoms with Crippen molar-refractivity contribution in [2.24, 2.45) is 0 Å². The number of pyridine rings is 1. The summed E-state index contributed by atoms with van der Waals surface area (Å²) in [6.45, 7) is 1.09. The fourth-order valence-corrected chi connectivity index (χ4v) is 3.91. The van der Waals surface area contributed by atoms with Gasteiger partial charge >= 0.3 is 6.18 Å². The first-order chi connectivity index (χ1) is 14.9. The van der Waals surface area contributed by atoms with Crippen LogP contribution in [-0.2, 0) is 17.4 Å². The monoisotopic (exact) mass is 426 g/mol. The molecule has 0 radical (unpaired) electrons. The van der Waals surface area contributed by atoms with Crippen LogP contribution in [-0.4, -0.2) is 38.8 Å². The van der Waals surface area contributed by atoms with E-state index < -0.39 is 11.7 Å². The molecule has 31 heavy (non-hydrogen) atoms. The van der Waals surface area contributed by atoms with Gasteiger partial charge in [-0.25, -0.2) is 0 Å². The molecule has 3 heterocycles. The van der Waals surface area contributed by atoms with Crippen molar-refractivity contribution in [2.45, 2.75) is 31.4 Å². The summed E-state index contributed by atoms with van der Waals surface area (Å²) in [5.41, 5.74) is 1.40. The van der Waals surface area contributed by atoms with E-state index in [1.807, 2.05) is 12.1 Å². The third-order valence-corrected chi connectivity index (χ3v) is 5.41. The van der Waals surface area contributed by atoms with Gasteiger partial charge in [0.1, 0.15) is 0 Å². The molecule has 1 saturated heterocycles. The number of likely N-dealkylation sites (tertiary alicyclic amines) is 1. The molecule has 0 spiro atoms. The molecule has 160 valence electrons. The third-order valence-electron chi connectivity index (χ3n) is 5.41. The van der Waals surface area contributed by atoms with Gasteiger partial charge in [0.15, 0.2) is 0 Å². The second-order valence-electron chi connectivity index (χ2n) is 7.55. The molecule has 0 N–H and O–H groups in total. The van der Waals surface area contributed by atoms with Crippen molar-refractivity contribution in [1.29, 1.82) is 0 Å². The predicted molar refractivity (Wildman–Crippen MR) is 109 cm³/mol. The molecule has 5 nitrogen and oxygen atoms in total. The molecular weight excluding hydrogens is 405 g/mol. The van der Waals surface area contributed by atoms with E-state index in [9.17, 15) is 18.0 Å². The Hall–Kier alpha value is -3.29. The highest BCUT2D eigenvalue weighted by Crippen LogP contribution is 2.35. The van der Waals surface area contributed by atoms with Gasteiger partial charge in [0.25, 0.3) is 0 Å². The predicted octanol–water partition coefficient (Wildman–Crippen LogP) is 4.51. The summed E-state index contributed by atoms with van der Waals surface area (Å²) in [5.74, 6) is -0.118. The Morgan fingerprint density at radius 3 is 2.65 bits per heavy atom. The highest BCUT2D eigenvalue weighted by Gasteiger charge is 2.32. The molecule has 1 atom stereocenters. The molecule has 0 saturated carbocycles. The smallest absolute Gasteiger partial charge is 0.342 e. The van der Waals surface area contributed by atoms with Gasteiger partial charge in [-0.3, -0.25) is 19.7 Å². The minimum absolute atomic E-state index is 0.0205. The average Bonchev–Trinajstić information content (AvgIpc) is 2.79. The van der Waals surface area contributed by atoms with Gasteiger partial charge in [-0.1, -0.05) is 18.2 Å². The standard InChI is InChI=1S/C23H21F3N4O/c24-23(25,26)18-7-3-5-16(13-18)21-22(29-11-10-28-21)17-6-4-12-30(15-17)20(31)14-19-8-1-2-9-27-19/h1-3,5,7-11,13,17H,4,6,12,14-15H2/t17-/m0/s1. The maximum Gasteiger partial charge on any atom is 0.416 e. The van der Waals surface area contributed by atoms with Crippen LogP contribution in [0.15, 0.2) is 61.1 Å². The summed E-state index contributed by atoms with van der Waals surface area (Å²) >= 11 is 0. The number of aromatic nitrogens is 3. The number of piperidine rings is 1.